The van der Waals surface area contributed by atoms with Gasteiger partial charge in [-0.1, -0.05) is 48.3 Å². The van der Waals surface area contributed by atoms with Crippen LogP contribution in [0.25, 0.3) is 11.1 Å². The lowest BCUT2D eigenvalue weighted by Crippen LogP contribution is -2.38. The van der Waals surface area contributed by atoms with Crippen molar-refractivity contribution >= 4 is 44.9 Å². The zero-order chi connectivity index (χ0) is 27.5. The van der Waals surface area contributed by atoms with E-state index >= 15 is 0 Å². The molecule has 0 bridgehead atoms. The largest absolute Gasteiger partial charge is 0.489 e. The van der Waals surface area contributed by atoms with Gasteiger partial charge < -0.3 is 9.84 Å². The Morgan fingerprint density at radius 3 is 2.32 bits per heavy atom. The molecule has 0 aliphatic carbocycles. The number of carboxylic acid groups (broad SMARTS) is 1. The summed E-state index contributed by atoms with van der Waals surface area (Å²) in [5.41, 5.74) is -0.885. The SMILES string of the molecule is CCC(=O)O.O=S(=O)(c1cccc(C(F)(F)F)c1)N1CCOc2cc(Cl)c(-c3cccc(Cl)c3F)cc21. The zero-order valence-corrected chi connectivity index (χ0v) is 21.3. The number of rotatable bonds is 4. The minimum absolute atomic E-state index is 0.0208. The number of hydrogen-bond donors (Lipinski definition) is 1. The van der Waals surface area contributed by atoms with E-state index in [0.29, 0.717) is 6.07 Å². The van der Waals surface area contributed by atoms with Crippen LogP contribution in [0.4, 0.5) is 23.2 Å². The molecule has 3 aromatic rings. The van der Waals surface area contributed by atoms with Gasteiger partial charge in [-0.2, -0.15) is 13.2 Å². The number of ether oxygens (including phenoxy) is 1. The maximum absolute atomic E-state index is 14.6. The Labute approximate surface area is 220 Å². The average Bonchev–Trinajstić information content (AvgIpc) is 2.85. The van der Waals surface area contributed by atoms with Crippen LogP contribution < -0.4 is 9.04 Å². The predicted molar refractivity (Wildman–Crippen MR) is 131 cm³/mol. The Bertz CT molecular complexity index is 1430. The number of aliphatic carboxylic acids is 1. The number of alkyl halides is 3. The van der Waals surface area contributed by atoms with Gasteiger partial charge in [0.25, 0.3) is 10.0 Å². The van der Waals surface area contributed by atoms with Crippen molar-refractivity contribution in [3.05, 3.63) is 76.0 Å². The van der Waals surface area contributed by atoms with Gasteiger partial charge in [-0.25, -0.2) is 12.8 Å². The fourth-order valence-electron chi connectivity index (χ4n) is 3.34. The first-order valence-electron chi connectivity index (χ1n) is 10.6. The topological polar surface area (TPSA) is 83.9 Å². The second kappa shape index (κ2) is 11.2. The van der Waals surface area contributed by atoms with Crippen molar-refractivity contribution in [1.82, 2.24) is 0 Å². The lowest BCUT2D eigenvalue weighted by molar-refractivity contribution is -0.138. The zero-order valence-electron chi connectivity index (χ0n) is 19.0. The summed E-state index contributed by atoms with van der Waals surface area (Å²) in [6.45, 7) is 1.39. The van der Waals surface area contributed by atoms with Gasteiger partial charge in [0, 0.05) is 23.6 Å². The number of hydrogen-bond acceptors (Lipinski definition) is 4. The molecule has 13 heteroatoms. The molecule has 6 nitrogen and oxygen atoms in total. The lowest BCUT2D eigenvalue weighted by atomic mass is 10.0. The molecule has 198 valence electrons. The minimum Gasteiger partial charge on any atom is -0.489 e. The number of carboxylic acids is 1. The van der Waals surface area contributed by atoms with E-state index in [9.17, 15) is 30.8 Å². The van der Waals surface area contributed by atoms with Crippen LogP contribution in [0.3, 0.4) is 0 Å². The second-order valence-corrected chi connectivity index (χ2v) is 10.3. The summed E-state index contributed by atoms with van der Waals surface area (Å²) in [4.78, 5) is 8.83. The van der Waals surface area contributed by atoms with E-state index in [1.165, 1.54) is 30.3 Å². The standard InChI is InChI=1S/C21H13Cl2F4NO3S.C3H6O2/c22-16-6-2-5-14(20(16)24)15-10-18-19(11-17(15)23)31-8-7-28(18)32(29,30)13-4-1-3-12(9-13)21(25,26)27;1-2-3(4)5/h1-6,9-11H,7-8H2;2H2,1H3,(H,4,5). The molecule has 0 atom stereocenters. The van der Waals surface area contributed by atoms with Crippen molar-refractivity contribution in [1.29, 1.82) is 0 Å². The summed E-state index contributed by atoms with van der Waals surface area (Å²) in [5.74, 6) is -1.40. The van der Waals surface area contributed by atoms with Gasteiger partial charge in [0.2, 0.25) is 0 Å². The monoisotopic (exact) mass is 579 g/mol. The third-order valence-corrected chi connectivity index (χ3v) is 7.58. The van der Waals surface area contributed by atoms with Crippen molar-refractivity contribution in [3.63, 3.8) is 0 Å². The Kier molecular flexibility index (Phi) is 8.61. The summed E-state index contributed by atoms with van der Waals surface area (Å²) >= 11 is 12.1. The molecule has 0 unspecified atom stereocenters. The molecule has 37 heavy (non-hydrogen) atoms. The molecule has 0 radical (unpaired) electrons. The second-order valence-electron chi connectivity index (χ2n) is 7.60. The smallest absolute Gasteiger partial charge is 0.416 e. The van der Waals surface area contributed by atoms with Crippen LogP contribution in [0.15, 0.2) is 59.5 Å². The molecule has 1 N–H and O–H groups in total. The molecule has 1 aliphatic heterocycles. The van der Waals surface area contributed by atoms with Crippen LogP contribution >= 0.6 is 23.2 Å². The molecular formula is C24H19Cl2F4NO5S. The first-order chi connectivity index (χ1) is 17.3. The van der Waals surface area contributed by atoms with E-state index in [1.807, 2.05) is 0 Å². The maximum Gasteiger partial charge on any atom is 0.416 e. The Balaban J connectivity index is 0.000000695. The third kappa shape index (κ3) is 6.28. The van der Waals surface area contributed by atoms with Crippen LogP contribution in [-0.2, 0) is 21.0 Å². The molecule has 4 rings (SSSR count). The molecule has 0 amide bonds. The van der Waals surface area contributed by atoms with Crippen LogP contribution in [-0.4, -0.2) is 32.6 Å². The number of anilines is 1. The highest BCUT2D eigenvalue weighted by Crippen LogP contribution is 2.43. The van der Waals surface area contributed by atoms with E-state index in [4.69, 9.17) is 33.0 Å². The molecule has 3 aromatic carbocycles. The van der Waals surface area contributed by atoms with E-state index in [1.54, 1.807) is 6.92 Å². The molecule has 0 saturated carbocycles. The molecule has 1 heterocycles. The summed E-state index contributed by atoms with van der Waals surface area (Å²) in [5, 5.41) is 7.66. The van der Waals surface area contributed by atoms with Gasteiger partial charge in [-0.15, -0.1) is 0 Å². The molecule has 0 fully saturated rings. The van der Waals surface area contributed by atoms with Crippen LogP contribution in [0.5, 0.6) is 5.75 Å². The maximum atomic E-state index is 14.6. The number of halogens is 6. The van der Waals surface area contributed by atoms with Gasteiger partial charge >= 0.3 is 12.1 Å². The number of sulfonamides is 1. The molecule has 0 saturated heterocycles. The Morgan fingerprint density at radius 1 is 1.05 bits per heavy atom. The Morgan fingerprint density at radius 2 is 1.70 bits per heavy atom. The van der Waals surface area contributed by atoms with Gasteiger partial charge in [-0.05, 0) is 30.3 Å². The lowest BCUT2D eigenvalue weighted by Gasteiger charge is -2.31. The summed E-state index contributed by atoms with van der Waals surface area (Å²) in [6.07, 6.45) is -4.49. The van der Waals surface area contributed by atoms with E-state index in [-0.39, 0.29) is 52.2 Å². The van der Waals surface area contributed by atoms with E-state index in [0.717, 1.165) is 22.5 Å². The van der Waals surface area contributed by atoms with E-state index in [2.05, 4.69) is 0 Å². The van der Waals surface area contributed by atoms with Gasteiger partial charge in [0.1, 0.15) is 18.2 Å². The molecule has 1 aliphatic rings. The number of nitrogens with zero attached hydrogens (tertiary/aromatic N) is 1. The molecule has 0 spiro atoms. The molecule has 0 aromatic heterocycles. The van der Waals surface area contributed by atoms with Crippen LogP contribution in [0, 0.1) is 5.82 Å². The van der Waals surface area contributed by atoms with Crippen LogP contribution in [0.1, 0.15) is 18.9 Å². The molecular weight excluding hydrogens is 561 g/mol. The third-order valence-electron chi connectivity index (χ3n) is 5.16. The highest BCUT2D eigenvalue weighted by molar-refractivity contribution is 7.92. The normalized spacial score (nSPS) is 13.2. The fraction of sp³-hybridized carbons (Fsp3) is 0.208. The average molecular weight is 580 g/mol. The van der Waals surface area contributed by atoms with Crippen molar-refractivity contribution in [2.75, 3.05) is 17.5 Å². The number of carbonyl (C=O) groups is 1. The highest BCUT2D eigenvalue weighted by Gasteiger charge is 2.35. The summed E-state index contributed by atoms with van der Waals surface area (Å²) in [7, 11) is -4.40. The van der Waals surface area contributed by atoms with Crippen molar-refractivity contribution in [2.24, 2.45) is 0 Å². The van der Waals surface area contributed by atoms with Gasteiger partial charge in [0.15, 0.2) is 0 Å². The number of fused-ring (bicyclic) bond motifs is 1. The van der Waals surface area contributed by atoms with Crippen molar-refractivity contribution in [2.45, 2.75) is 24.4 Å². The quantitative estimate of drug-likeness (QED) is 0.340. The predicted octanol–water partition coefficient (Wildman–Crippen LogP) is 6.89. The van der Waals surface area contributed by atoms with Crippen LogP contribution in [0.2, 0.25) is 10.0 Å². The number of benzene rings is 3. The van der Waals surface area contributed by atoms with E-state index < -0.39 is 38.4 Å². The minimum atomic E-state index is -4.71. The van der Waals surface area contributed by atoms with Gasteiger partial charge in [-0.3, -0.25) is 9.10 Å². The van der Waals surface area contributed by atoms with Gasteiger partial charge in [0.05, 0.1) is 32.7 Å². The highest BCUT2D eigenvalue weighted by atomic mass is 35.5. The first-order valence-corrected chi connectivity index (χ1v) is 12.8. The summed E-state index contributed by atoms with van der Waals surface area (Å²) in [6, 6.07) is 10.4. The Hall–Kier alpha value is -3.02. The van der Waals surface area contributed by atoms with Crippen molar-refractivity contribution < 1.29 is 40.6 Å². The summed E-state index contributed by atoms with van der Waals surface area (Å²) < 4.78 is 86.8. The fourth-order valence-corrected chi connectivity index (χ4v) is 5.27. The van der Waals surface area contributed by atoms with Crippen molar-refractivity contribution in [3.8, 4) is 16.9 Å². The first kappa shape index (κ1) is 28.5.